The normalized spacial score (nSPS) is 10.8. The number of hydrogen-bond acceptors (Lipinski definition) is 5. The highest BCUT2D eigenvalue weighted by atomic mass is 16.3. The lowest BCUT2D eigenvalue weighted by atomic mass is 10.1. The molecule has 3 rings (SSSR count). The van der Waals surface area contributed by atoms with Gasteiger partial charge in [-0.3, -0.25) is 14.4 Å². The first-order chi connectivity index (χ1) is 11.4. The number of fused-ring (bicyclic) bond motifs is 1. The molecule has 0 aliphatic heterocycles. The first kappa shape index (κ1) is 15.7. The highest BCUT2D eigenvalue weighted by molar-refractivity contribution is 6.12. The van der Waals surface area contributed by atoms with Crippen LogP contribution in [0.4, 0.5) is 5.69 Å². The molecule has 1 N–H and O–H groups in total. The van der Waals surface area contributed by atoms with E-state index < -0.39 is 5.91 Å². The number of aryl methyl sites for hydroxylation is 2. The number of nitrogens with one attached hydrogen (secondary N) is 1. The maximum atomic E-state index is 12.6. The first-order valence-corrected chi connectivity index (χ1v) is 7.25. The molecule has 3 aromatic rings. The lowest BCUT2D eigenvalue weighted by Crippen LogP contribution is -2.20. The molecule has 7 nitrogen and oxygen atoms in total. The molecule has 1 amide bonds. The maximum absolute atomic E-state index is 12.6. The molecule has 7 heteroatoms. The minimum absolute atomic E-state index is 0.0564. The van der Waals surface area contributed by atoms with Gasteiger partial charge in [0.2, 0.25) is 5.71 Å². The van der Waals surface area contributed by atoms with Crippen molar-refractivity contribution in [3.8, 4) is 0 Å². The molecule has 2 aromatic heterocycles. The molecule has 24 heavy (non-hydrogen) atoms. The lowest BCUT2D eigenvalue weighted by molar-refractivity contribution is 0.101. The van der Waals surface area contributed by atoms with E-state index in [-0.39, 0.29) is 28.0 Å². The number of Topliss-reactive ketones (excluding diaryl/α,β-unsaturated/α-hetero) is 1. The van der Waals surface area contributed by atoms with Crippen molar-refractivity contribution in [2.75, 3.05) is 5.32 Å². The average molecular weight is 325 g/mol. The molecule has 2 heterocycles. The van der Waals surface area contributed by atoms with Gasteiger partial charge in [-0.2, -0.15) is 0 Å². The van der Waals surface area contributed by atoms with E-state index in [1.165, 1.54) is 17.8 Å². The summed E-state index contributed by atoms with van der Waals surface area (Å²) in [7, 11) is 1.55. The van der Waals surface area contributed by atoms with Crippen molar-refractivity contribution in [1.29, 1.82) is 0 Å². The number of furan rings is 1. The Morgan fingerprint density at radius 2 is 1.88 bits per heavy atom. The van der Waals surface area contributed by atoms with Gasteiger partial charge in [-0.15, -0.1) is 0 Å². The van der Waals surface area contributed by atoms with Gasteiger partial charge >= 0.3 is 0 Å². The van der Waals surface area contributed by atoms with E-state index in [9.17, 15) is 14.4 Å². The van der Waals surface area contributed by atoms with Crippen molar-refractivity contribution in [3.63, 3.8) is 0 Å². The van der Waals surface area contributed by atoms with Gasteiger partial charge < -0.3 is 14.3 Å². The fourth-order valence-corrected chi connectivity index (χ4v) is 2.44. The lowest BCUT2D eigenvalue weighted by Gasteiger charge is -2.05. The van der Waals surface area contributed by atoms with Gasteiger partial charge in [0.05, 0.1) is 5.56 Å². The molecular formula is C17H15N3O4. The molecule has 0 atom stereocenters. The molecule has 0 fully saturated rings. The number of carbonyl (C=O) groups is 2. The van der Waals surface area contributed by atoms with Crippen molar-refractivity contribution in [1.82, 2.24) is 9.55 Å². The van der Waals surface area contributed by atoms with Crippen LogP contribution in [-0.2, 0) is 7.05 Å². The molecule has 0 radical (unpaired) electrons. The number of anilines is 1. The van der Waals surface area contributed by atoms with Gasteiger partial charge in [0, 0.05) is 18.3 Å². The summed E-state index contributed by atoms with van der Waals surface area (Å²) in [5, 5.41) is 2.85. The van der Waals surface area contributed by atoms with E-state index in [0.29, 0.717) is 17.0 Å². The number of carbonyl (C=O) groups excluding carboxylic acids is 2. The summed E-state index contributed by atoms with van der Waals surface area (Å²) in [4.78, 5) is 40.2. The third-order valence-corrected chi connectivity index (χ3v) is 3.72. The number of benzene rings is 1. The second-order valence-corrected chi connectivity index (χ2v) is 5.46. The molecule has 0 spiro atoms. The topological polar surface area (TPSA) is 94.2 Å². The number of aromatic nitrogens is 2. The summed E-state index contributed by atoms with van der Waals surface area (Å²) < 4.78 is 6.70. The Hall–Kier alpha value is -3.22. The van der Waals surface area contributed by atoms with Gasteiger partial charge in [0.25, 0.3) is 11.5 Å². The number of hydrogen-bond donors (Lipinski definition) is 1. The van der Waals surface area contributed by atoms with E-state index in [0.717, 1.165) is 0 Å². The molecular weight excluding hydrogens is 310 g/mol. The van der Waals surface area contributed by atoms with Gasteiger partial charge in [-0.1, -0.05) is 0 Å². The zero-order chi connectivity index (χ0) is 17.4. The summed E-state index contributed by atoms with van der Waals surface area (Å²) in [6.07, 6.45) is 1.34. The van der Waals surface area contributed by atoms with E-state index in [1.807, 2.05) is 0 Å². The molecule has 122 valence electrons. The van der Waals surface area contributed by atoms with Crippen LogP contribution in [0.25, 0.3) is 11.1 Å². The molecule has 0 aliphatic rings. The van der Waals surface area contributed by atoms with Gasteiger partial charge in [-0.25, -0.2) is 4.98 Å². The van der Waals surface area contributed by atoms with Gasteiger partial charge in [0.1, 0.15) is 17.5 Å². The first-order valence-electron chi connectivity index (χ1n) is 7.25. The standard InChI is InChI=1S/C17H15N3O4/c1-9(21)11-4-6-12(7-5-11)19-15(22)13-10(2)24-16-14(13)17(23)20(3)8-18-16/h4-8H,1-3H3,(H,19,22). The van der Waals surface area contributed by atoms with Gasteiger partial charge in [0.15, 0.2) is 5.78 Å². The molecule has 0 saturated heterocycles. The van der Waals surface area contributed by atoms with E-state index >= 15 is 0 Å². The number of amides is 1. The van der Waals surface area contributed by atoms with Crippen LogP contribution >= 0.6 is 0 Å². The van der Waals surface area contributed by atoms with E-state index in [1.54, 1.807) is 38.2 Å². The average Bonchev–Trinajstić information content (AvgIpc) is 2.88. The summed E-state index contributed by atoms with van der Waals surface area (Å²) in [5.41, 5.74) is 1.01. The number of ketones is 1. The van der Waals surface area contributed by atoms with Crippen LogP contribution in [0.15, 0.2) is 39.8 Å². The van der Waals surface area contributed by atoms with Gasteiger partial charge in [-0.05, 0) is 38.1 Å². The van der Waals surface area contributed by atoms with Crippen LogP contribution in [0.3, 0.4) is 0 Å². The molecule has 1 aromatic carbocycles. The quantitative estimate of drug-likeness (QED) is 0.746. The van der Waals surface area contributed by atoms with Crippen LogP contribution in [0, 0.1) is 6.92 Å². The Balaban J connectivity index is 2.00. The predicted molar refractivity (Wildman–Crippen MR) is 88.4 cm³/mol. The second-order valence-electron chi connectivity index (χ2n) is 5.46. The Bertz CT molecular complexity index is 1010. The van der Waals surface area contributed by atoms with Crippen molar-refractivity contribution >= 4 is 28.5 Å². The Morgan fingerprint density at radius 3 is 2.50 bits per heavy atom. The zero-order valence-electron chi connectivity index (χ0n) is 13.4. The minimum atomic E-state index is -0.466. The monoisotopic (exact) mass is 325 g/mol. The Labute approximate surface area is 136 Å². The van der Waals surface area contributed by atoms with Crippen molar-refractivity contribution in [3.05, 3.63) is 57.8 Å². The van der Waals surface area contributed by atoms with Crippen LogP contribution in [0.1, 0.15) is 33.4 Å². The SMILES string of the molecule is CC(=O)c1ccc(NC(=O)c2c(C)oc3ncn(C)c(=O)c23)cc1. The highest BCUT2D eigenvalue weighted by Crippen LogP contribution is 2.22. The molecule has 0 bridgehead atoms. The Kier molecular flexibility index (Phi) is 3.76. The van der Waals surface area contributed by atoms with Crippen molar-refractivity contribution < 1.29 is 14.0 Å². The fraction of sp³-hybridized carbons (Fsp3) is 0.176. The zero-order valence-corrected chi connectivity index (χ0v) is 13.4. The Morgan fingerprint density at radius 1 is 1.21 bits per heavy atom. The second kappa shape index (κ2) is 5.77. The smallest absolute Gasteiger partial charge is 0.265 e. The highest BCUT2D eigenvalue weighted by Gasteiger charge is 2.22. The van der Waals surface area contributed by atoms with Crippen molar-refractivity contribution in [2.45, 2.75) is 13.8 Å². The molecule has 0 unspecified atom stereocenters. The van der Waals surface area contributed by atoms with Crippen LogP contribution in [-0.4, -0.2) is 21.2 Å². The predicted octanol–water partition coefficient (Wildman–Crippen LogP) is 2.29. The number of rotatable bonds is 3. The third kappa shape index (κ3) is 2.60. The third-order valence-electron chi connectivity index (χ3n) is 3.72. The van der Waals surface area contributed by atoms with E-state index in [2.05, 4.69) is 10.3 Å². The molecule has 0 aliphatic carbocycles. The van der Waals surface area contributed by atoms with Crippen LogP contribution in [0.2, 0.25) is 0 Å². The summed E-state index contributed by atoms with van der Waals surface area (Å²) in [5.74, 6) is -0.204. The van der Waals surface area contributed by atoms with Crippen LogP contribution in [0.5, 0.6) is 0 Å². The number of nitrogens with zero attached hydrogens (tertiary/aromatic N) is 2. The van der Waals surface area contributed by atoms with Crippen molar-refractivity contribution in [2.24, 2.45) is 7.05 Å². The molecule has 0 saturated carbocycles. The van der Waals surface area contributed by atoms with Crippen LogP contribution < -0.4 is 10.9 Å². The minimum Gasteiger partial charge on any atom is -0.442 e. The fourth-order valence-electron chi connectivity index (χ4n) is 2.44. The summed E-state index contributed by atoms with van der Waals surface area (Å²) >= 11 is 0. The summed E-state index contributed by atoms with van der Waals surface area (Å²) in [6.45, 7) is 3.08. The largest absolute Gasteiger partial charge is 0.442 e. The summed E-state index contributed by atoms with van der Waals surface area (Å²) in [6, 6.07) is 6.50. The maximum Gasteiger partial charge on any atom is 0.265 e. The van der Waals surface area contributed by atoms with E-state index in [4.69, 9.17) is 4.42 Å².